The monoisotopic (exact) mass is 475 g/mol. The third-order valence-electron chi connectivity index (χ3n) is 4.98. The molecule has 2 aromatic carbocycles. The van der Waals surface area contributed by atoms with Crippen LogP contribution in [0.2, 0.25) is 5.02 Å². The van der Waals surface area contributed by atoms with E-state index in [1.54, 1.807) is 46.2 Å². The van der Waals surface area contributed by atoms with Crippen LogP contribution in [0.1, 0.15) is 12.5 Å². The van der Waals surface area contributed by atoms with Gasteiger partial charge in [-0.05, 0) is 35.9 Å². The van der Waals surface area contributed by atoms with Crippen LogP contribution in [0.3, 0.4) is 0 Å². The van der Waals surface area contributed by atoms with Gasteiger partial charge in [-0.1, -0.05) is 29.4 Å². The van der Waals surface area contributed by atoms with Gasteiger partial charge in [-0.15, -0.1) is 0 Å². The van der Waals surface area contributed by atoms with Crippen molar-refractivity contribution in [1.29, 1.82) is 0 Å². The van der Waals surface area contributed by atoms with Gasteiger partial charge in [-0.25, -0.2) is 0 Å². The van der Waals surface area contributed by atoms with Gasteiger partial charge in [0.2, 0.25) is 11.8 Å². The number of benzene rings is 2. The van der Waals surface area contributed by atoms with Crippen molar-refractivity contribution in [2.24, 2.45) is 0 Å². The zero-order valence-corrected chi connectivity index (χ0v) is 19.2. The number of hydrogen-bond acceptors (Lipinski definition) is 6. The molecule has 2 aromatic rings. The molecule has 0 spiro atoms. The Morgan fingerprint density at radius 3 is 2.41 bits per heavy atom. The van der Waals surface area contributed by atoms with E-state index in [9.17, 15) is 19.7 Å². The average Bonchev–Trinajstić information content (AvgIpc) is 2.78. The standard InChI is InChI=1S/C22H22ClN3O5S/c1-15(27)24-9-11-25(12-10-24)22(28)8-4-16-3-7-20(18(13-16)26(29)30)32-21-14-17(23)5-6-19(21)31-2/h3-8,13-14H,9-12H2,1-2H3. The molecule has 0 atom stereocenters. The number of nitrogens with zero attached hydrogens (tertiary/aromatic N) is 3. The maximum Gasteiger partial charge on any atom is 0.283 e. The van der Waals surface area contributed by atoms with E-state index in [1.807, 2.05) is 0 Å². The molecule has 1 saturated heterocycles. The highest BCUT2D eigenvalue weighted by atomic mass is 35.5. The largest absolute Gasteiger partial charge is 0.496 e. The van der Waals surface area contributed by atoms with Gasteiger partial charge >= 0.3 is 0 Å². The number of nitro benzene ring substituents is 1. The van der Waals surface area contributed by atoms with E-state index < -0.39 is 4.92 Å². The van der Waals surface area contributed by atoms with E-state index in [4.69, 9.17) is 16.3 Å². The molecule has 0 unspecified atom stereocenters. The smallest absolute Gasteiger partial charge is 0.283 e. The van der Waals surface area contributed by atoms with Gasteiger partial charge in [-0.3, -0.25) is 19.7 Å². The summed E-state index contributed by atoms with van der Waals surface area (Å²) in [6.45, 7) is 3.42. The van der Waals surface area contributed by atoms with Crippen molar-refractivity contribution in [3.63, 3.8) is 0 Å². The van der Waals surface area contributed by atoms with E-state index in [-0.39, 0.29) is 17.5 Å². The van der Waals surface area contributed by atoms with Crippen LogP contribution in [-0.4, -0.2) is 59.8 Å². The van der Waals surface area contributed by atoms with E-state index in [1.165, 1.54) is 37.9 Å². The predicted molar refractivity (Wildman–Crippen MR) is 123 cm³/mol. The minimum absolute atomic E-state index is 0.00620. The fourth-order valence-corrected chi connectivity index (χ4v) is 4.52. The summed E-state index contributed by atoms with van der Waals surface area (Å²) in [7, 11) is 1.52. The van der Waals surface area contributed by atoms with E-state index in [0.29, 0.717) is 52.3 Å². The lowest BCUT2D eigenvalue weighted by Crippen LogP contribution is -2.49. The molecule has 1 aliphatic heterocycles. The normalized spacial score (nSPS) is 14.0. The number of carbonyl (C=O) groups excluding carboxylic acids is 2. The number of rotatable bonds is 6. The van der Waals surface area contributed by atoms with Gasteiger partial charge < -0.3 is 14.5 Å². The number of ether oxygens (including phenoxy) is 1. The van der Waals surface area contributed by atoms with Crippen LogP contribution in [0.5, 0.6) is 5.75 Å². The lowest BCUT2D eigenvalue weighted by Gasteiger charge is -2.33. The number of hydrogen-bond donors (Lipinski definition) is 0. The van der Waals surface area contributed by atoms with Crippen molar-refractivity contribution in [1.82, 2.24) is 9.80 Å². The Morgan fingerprint density at radius 2 is 1.78 bits per heavy atom. The maximum absolute atomic E-state index is 12.4. The highest BCUT2D eigenvalue weighted by Gasteiger charge is 2.21. The van der Waals surface area contributed by atoms with E-state index in [2.05, 4.69) is 0 Å². The quantitative estimate of drug-likeness (QED) is 0.354. The summed E-state index contributed by atoms with van der Waals surface area (Å²) < 4.78 is 5.31. The van der Waals surface area contributed by atoms with Gasteiger partial charge in [0.25, 0.3) is 5.69 Å². The van der Waals surface area contributed by atoms with Crippen LogP contribution in [-0.2, 0) is 9.59 Å². The Kier molecular flexibility index (Phi) is 7.76. The van der Waals surface area contributed by atoms with Crippen molar-refractivity contribution in [2.75, 3.05) is 33.3 Å². The van der Waals surface area contributed by atoms with Gasteiger partial charge in [0.05, 0.1) is 21.8 Å². The van der Waals surface area contributed by atoms with Gasteiger partial charge in [0, 0.05) is 50.3 Å². The topological polar surface area (TPSA) is 93.0 Å². The predicted octanol–water partition coefficient (Wildman–Crippen LogP) is 4.11. The number of piperazine rings is 1. The van der Waals surface area contributed by atoms with E-state index in [0.717, 1.165) is 0 Å². The fourth-order valence-electron chi connectivity index (χ4n) is 3.23. The summed E-state index contributed by atoms with van der Waals surface area (Å²) >= 11 is 7.24. The first kappa shape index (κ1) is 23.6. The summed E-state index contributed by atoms with van der Waals surface area (Å²) in [5.74, 6) is 0.361. The molecule has 3 rings (SSSR count). The van der Waals surface area contributed by atoms with Crippen LogP contribution < -0.4 is 4.74 Å². The number of amides is 2. The second-order valence-electron chi connectivity index (χ2n) is 7.05. The van der Waals surface area contributed by atoms with Crippen LogP contribution >= 0.6 is 23.4 Å². The second-order valence-corrected chi connectivity index (χ2v) is 8.57. The summed E-state index contributed by atoms with van der Waals surface area (Å²) in [5.41, 5.74) is 0.455. The number of nitro groups is 1. The Morgan fingerprint density at radius 1 is 1.09 bits per heavy atom. The molecule has 0 N–H and O–H groups in total. The molecule has 1 heterocycles. The first-order chi connectivity index (χ1) is 15.3. The highest BCUT2D eigenvalue weighted by molar-refractivity contribution is 7.99. The van der Waals surface area contributed by atoms with Gasteiger partial charge in [0.15, 0.2) is 0 Å². The van der Waals surface area contributed by atoms with Gasteiger partial charge in [-0.2, -0.15) is 0 Å². The van der Waals surface area contributed by atoms with Crippen molar-refractivity contribution in [3.8, 4) is 5.75 Å². The van der Waals surface area contributed by atoms with Crippen LogP contribution in [0, 0.1) is 10.1 Å². The summed E-state index contributed by atoms with van der Waals surface area (Å²) in [6.07, 6.45) is 2.95. The summed E-state index contributed by atoms with van der Waals surface area (Å²) in [5, 5.41) is 12.2. The molecular formula is C22H22ClN3O5S. The molecule has 0 aliphatic carbocycles. The lowest BCUT2D eigenvalue weighted by atomic mass is 10.2. The Bertz CT molecular complexity index is 1070. The van der Waals surface area contributed by atoms with Crippen molar-refractivity contribution in [2.45, 2.75) is 16.7 Å². The molecule has 32 heavy (non-hydrogen) atoms. The lowest BCUT2D eigenvalue weighted by molar-refractivity contribution is -0.387. The Hall–Kier alpha value is -3.04. The van der Waals surface area contributed by atoms with Crippen molar-refractivity contribution >= 4 is 46.9 Å². The molecule has 1 aliphatic rings. The van der Waals surface area contributed by atoms with Crippen molar-refractivity contribution in [3.05, 3.63) is 63.2 Å². The average molecular weight is 476 g/mol. The molecule has 2 amide bonds. The Balaban J connectivity index is 1.75. The zero-order chi connectivity index (χ0) is 23.3. The third-order valence-corrected chi connectivity index (χ3v) is 6.32. The minimum Gasteiger partial charge on any atom is -0.496 e. The molecule has 8 nitrogen and oxygen atoms in total. The summed E-state index contributed by atoms with van der Waals surface area (Å²) in [4.78, 5) is 39.5. The van der Waals surface area contributed by atoms with E-state index >= 15 is 0 Å². The summed E-state index contributed by atoms with van der Waals surface area (Å²) in [6, 6.07) is 9.85. The minimum atomic E-state index is -0.459. The fraction of sp³-hybridized carbons (Fsp3) is 0.273. The molecular weight excluding hydrogens is 454 g/mol. The molecule has 0 saturated carbocycles. The molecule has 168 valence electrons. The first-order valence-electron chi connectivity index (χ1n) is 9.81. The first-order valence-corrected chi connectivity index (χ1v) is 11.0. The number of carbonyl (C=O) groups is 2. The molecule has 0 bridgehead atoms. The molecule has 0 radical (unpaired) electrons. The third kappa shape index (κ3) is 5.80. The number of methoxy groups -OCH3 is 1. The zero-order valence-electron chi connectivity index (χ0n) is 17.6. The second kappa shape index (κ2) is 10.5. The molecule has 1 fully saturated rings. The molecule has 0 aromatic heterocycles. The highest BCUT2D eigenvalue weighted by Crippen LogP contribution is 2.40. The molecule has 10 heteroatoms. The SMILES string of the molecule is COc1ccc(Cl)cc1Sc1ccc(C=CC(=O)N2CCN(C(C)=O)CC2)cc1[N+](=O)[O-]. The maximum atomic E-state index is 12.4. The van der Waals surface area contributed by atoms with Crippen LogP contribution in [0.4, 0.5) is 5.69 Å². The number of halogens is 1. The van der Waals surface area contributed by atoms with Gasteiger partial charge in [0.1, 0.15) is 5.75 Å². The van der Waals surface area contributed by atoms with Crippen LogP contribution in [0.25, 0.3) is 6.08 Å². The Labute approximate surface area is 194 Å². The van der Waals surface area contributed by atoms with Crippen LogP contribution in [0.15, 0.2) is 52.3 Å². The van der Waals surface area contributed by atoms with Crippen molar-refractivity contribution < 1.29 is 19.2 Å².